The van der Waals surface area contributed by atoms with Gasteiger partial charge >= 0.3 is 32.0 Å². The fraction of sp³-hybridized carbons (Fsp3) is 0. The van der Waals surface area contributed by atoms with Crippen LogP contribution in [0.4, 0.5) is 0 Å². The van der Waals surface area contributed by atoms with Crippen molar-refractivity contribution in [3.8, 4) is 0 Å². The number of hydrogen-bond acceptors (Lipinski definition) is 0. The Bertz CT molecular complexity index is 149. The van der Waals surface area contributed by atoms with Crippen LogP contribution in [0.25, 0.3) is 0 Å². The second-order valence-corrected chi connectivity index (χ2v) is 1.65. The van der Waals surface area contributed by atoms with Crippen LogP contribution in [0.1, 0.15) is 0 Å². The van der Waals surface area contributed by atoms with Gasteiger partial charge in [-0.2, -0.15) is 18.2 Å². The van der Waals surface area contributed by atoms with Gasteiger partial charge in [0, 0.05) is 0 Å². The van der Waals surface area contributed by atoms with E-state index in [0.29, 0.717) is 0 Å². The van der Waals surface area contributed by atoms with Crippen molar-refractivity contribution in [2.24, 2.45) is 0 Å². The second kappa shape index (κ2) is 10.9. The van der Waals surface area contributed by atoms with Gasteiger partial charge < -0.3 is 30.3 Å². The molecule has 0 saturated heterocycles. The molecule has 0 aliphatic carbocycles. The third kappa shape index (κ3) is 7.97. The van der Waals surface area contributed by atoms with Gasteiger partial charge in [-0.15, -0.1) is 0 Å². The predicted octanol–water partition coefficient (Wildman–Crippen LogP) is 2.43. The molecule has 0 bridgehead atoms. The van der Waals surface area contributed by atoms with Crippen molar-refractivity contribution in [3.05, 3.63) is 60.7 Å². The zero-order valence-electron chi connectivity index (χ0n) is 6.42. The van der Waals surface area contributed by atoms with Gasteiger partial charge in [0.15, 0.2) is 0 Å². The van der Waals surface area contributed by atoms with Crippen LogP contribution in [0.3, 0.4) is 0 Å². The molecule has 0 aliphatic heterocycles. The topological polar surface area (TPSA) is 0 Å². The van der Waals surface area contributed by atoms with Crippen molar-refractivity contribution in [2.45, 2.75) is 0 Å². The fourth-order valence-corrected chi connectivity index (χ4v) is 0.501. The first-order chi connectivity index (χ1) is 6.00. The molecule has 64 valence electrons. The van der Waals surface area contributed by atoms with E-state index >= 15 is 0 Å². The van der Waals surface area contributed by atoms with Gasteiger partial charge in [0.25, 0.3) is 0 Å². The summed E-state index contributed by atoms with van der Waals surface area (Å²) in [6.07, 6.45) is 0. The maximum atomic E-state index is 4.77. The summed E-state index contributed by atoms with van der Waals surface area (Å²) in [6, 6.07) is 22.0. The van der Waals surface area contributed by atoms with Crippen LogP contribution in [0.5, 0.6) is 0 Å². The first-order valence-corrected chi connectivity index (χ1v) is 6.87. The third-order valence-corrected chi connectivity index (χ3v) is 0.907. The molecule has 0 fully saturated rings. The summed E-state index contributed by atoms with van der Waals surface area (Å²) < 4.78 is 0. The van der Waals surface area contributed by atoms with Crippen molar-refractivity contribution in [1.29, 1.82) is 0 Å². The Hall–Kier alpha value is -0.127. The molecule has 0 saturated carbocycles. The van der Waals surface area contributed by atoms with E-state index in [4.69, 9.17) is 8.51 Å². The number of halogens is 1. The van der Waals surface area contributed by atoms with Gasteiger partial charge in [0.05, 0.1) is 0 Å². The molecule has 2 rings (SSSR count). The molecular weight excluding hydrogens is 247 g/mol. The van der Waals surface area contributed by atoms with E-state index in [1.807, 2.05) is 30.3 Å². The average molecular weight is 254 g/mol. The summed E-state index contributed by atoms with van der Waals surface area (Å²) in [5, 5.41) is 0. The van der Waals surface area contributed by atoms with Crippen molar-refractivity contribution in [2.75, 3.05) is 0 Å². The minimum Gasteiger partial charge on any atom is -0.999 e. The Morgan fingerprint density at radius 3 is 1.67 bits per heavy atom. The standard InChI is InChI=1S/C5H5.C5H.ClH.Zr.H/c2*1-2-4-5-3-1;;;/h1-5H;1H;1H;;/q-1;-5;;+1;/p-1. The summed E-state index contributed by atoms with van der Waals surface area (Å²) in [5.74, 6) is 0. The summed E-state index contributed by atoms with van der Waals surface area (Å²) in [4.78, 5) is 0. The first kappa shape index (κ1) is 11.9. The van der Waals surface area contributed by atoms with Gasteiger partial charge in [-0.3, -0.25) is 0 Å². The van der Waals surface area contributed by atoms with E-state index in [1.165, 1.54) is 0 Å². The molecule has 0 aromatic heterocycles. The van der Waals surface area contributed by atoms with Crippen LogP contribution in [-0.4, -0.2) is 0 Å². The van der Waals surface area contributed by atoms with Crippen molar-refractivity contribution in [3.63, 3.8) is 0 Å². The van der Waals surface area contributed by atoms with Gasteiger partial charge in [0.1, 0.15) is 0 Å². The fourth-order valence-electron chi connectivity index (χ4n) is 0.501. The van der Waals surface area contributed by atoms with Crippen LogP contribution in [0.2, 0.25) is 0 Å². The summed E-state index contributed by atoms with van der Waals surface area (Å²) in [5.41, 5.74) is 0. The molecule has 2 aromatic rings. The third-order valence-electron chi connectivity index (χ3n) is 0.907. The Morgan fingerprint density at radius 1 is 1.00 bits per heavy atom. The predicted molar refractivity (Wildman–Crippen MR) is 46.7 cm³/mol. The van der Waals surface area contributed by atoms with E-state index in [1.54, 1.807) is 6.07 Å². The molecule has 0 radical (unpaired) electrons. The Morgan fingerprint density at radius 2 is 1.50 bits per heavy atom. The normalized spacial score (nSPS) is 7.08. The molecule has 2 aromatic carbocycles. The molecule has 0 spiro atoms. The Labute approximate surface area is 92.3 Å². The quantitative estimate of drug-likeness (QED) is 0.633. The van der Waals surface area contributed by atoms with Crippen LogP contribution in [0.15, 0.2) is 36.4 Å². The van der Waals surface area contributed by atoms with E-state index < -0.39 is 0 Å². The SMILES string of the molecule is [Cl][ZrH].[c-]1[c-][c-][cH-][c-]1.c1cc[cH-]c1. The van der Waals surface area contributed by atoms with Gasteiger partial charge in [0.2, 0.25) is 0 Å². The first-order valence-electron chi connectivity index (χ1n) is 3.21. The zero-order valence-corrected chi connectivity index (χ0v) is 10.0. The molecule has 2 heteroatoms. The Kier molecular flexibility index (Phi) is 10.8. The molecule has 0 unspecified atom stereocenters. The van der Waals surface area contributed by atoms with Gasteiger partial charge in [-0.1, -0.05) is 0 Å². The van der Waals surface area contributed by atoms with Crippen LogP contribution in [0, 0.1) is 24.3 Å². The largest absolute Gasteiger partial charge is 0.999 e. The van der Waals surface area contributed by atoms with Crippen molar-refractivity contribution >= 4 is 8.51 Å². The zero-order chi connectivity index (χ0) is 9.07. The van der Waals surface area contributed by atoms with E-state index in [-0.39, 0.29) is 0 Å². The van der Waals surface area contributed by atoms with Crippen LogP contribution >= 0.6 is 8.51 Å². The average Bonchev–Trinajstić information content (AvgIpc) is 2.87. The summed E-state index contributed by atoms with van der Waals surface area (Å²) >= 11 is 0.822. The molecule has 0 aliphatic rings. The van der Waals surface area contributed by atoms with E-state index in [0.717, 1.165) is 23.5 Å². The second-order valence-electron chi connectivity index (χ2n) is 1.65. The molecule has 0 N–H and O–H groups in total. The van der Waals surface area contributed by atoms with E-state index in [9.17, 15) is 0 Å². The molecule has 0 atom stereocenters. The molecule has 0 nitrogen and oxygen atoms in total. The number of hydrogen-bond donors (Lipinski definition) is 0. The van der Waals surface area contributed by atoms with E-state index in [2.05, 4.69) is 24.3 Å². The van der Waals surface area contributed by atoms with Crippen LogP contribution < -0.4 is 0 Å². The maximum absolute atomic E-state index is 4.77. The van der Waals surface area contributed by atoms with Crippen molar-refractivity contribution < 1.29 is 23.5 Å². The molecule has 0 amide bonds. The van der Waals surface area contributed by atoms with Gasteiger partial charge in [-0.25, -0.2) is 12.1 Å². The molecule has 0 heterocycles. The monoisotopic (exact) mass is 252 g/mol. The van der Waals surface area contributed by atoms with Gasteiger partial charge in [-0.05, 0) is 0 Å². The minimum atomic E-state index is 0.822. The molecular formula is C10H7ClZr-6. The number of rotatable bonds is 0. The van der Waals surface area contributed by atoms with Crippen LogP contribution in [-0.2, 0) is 23.5 Å². The summed E-state index contributed by atoms with van der Waals surface area (Å²) in [6.45, 7) is 0. The summed E-state index contributed by atoms with van der Waals surface area (Å²) in [7, 11) is 4.77. The minimum absolute atomic E-state index is 0.822. The molecule has 12 heavy (non-hydrogen) atoms. The Balaban J connectivity index is 0.000000168. The maximum Gasteiger partial charge on any atom is -0.172 e. The smallest absolute Gasteiger partial charge is 0.172 e. The van der Waals surface area contributed by atoms with Crippen molar-refractivity contribution in [1.82, 2.24) is 0 Å².